The van der Waals surface area contributed by atoms with E-state index in [0.29, 0.717) is 12.1 Å². The van der Waals surface area contributed by atoms with Crippen LogP contribution in [0.2, 0.25) is 0 Å². The summed E-state index contributed by atoms with van der Waals surface area (Å²) in [7, 11) is 0. The third-order valence-electron chi connectivity index (χ3n) is 6.30. The summed E-state index contributed by atoms with van der Waals surface area (Å²) in [5.74, 6) is 0. The van der Waals surface area contributed by atoms with E-state index in [4.69, 9.17) is 5.41 Å². The number of pyridine rings is 1. The van der Waals surface area contributed by atoms with Gasteiger partial charge in [0.2, 0.25) is 5.62 Å². The predicted molar refractivity (Wildman–Crippen MR) is 129 cm³/mol. The summed E-state index contributed by atoms with van der Waals surface area (Å²) in [4.78, 5) is 4.60. The van der Waals surface area contributed by atoms with E-state index in [1.807, 2.05) is 47.9 Å². The van der Waals surface area contributed by atoms with E-state index >= 15 is 0 Å². The summed E-state index contributed by atoms with van der Waals surface area (Å²) in [5.41, 5.74) is 6.19. The highest BCUT2D eigenvalue weighted by Gasteiger charge is 2.28. The Labute approximate surface area is 193 Å². The molecule has 0 radical (unpaired) electrons. The van der Waals surface area contributed by atoms with E-state index in [-0.39, 0.29) is 18.1 Å². The second kappa shape index (κ2) is 9.43. The van der Waals surface area contributed by atoms with Crippen LogP contribution in [-0.4, -0.2) is 25.3 Å². The van der Waals surface area contributed by atoms with Crippen molar-refractivity contribution < 1.29 is 5.11 Å². The first kappa shape index (κ1) is 22.5. The van der Waals surface area contributed by atoms with Gasteiger partial charge < -0.3 is 9.67 Å². The molecule has 33 heavy (non-hydrogen) atoms. The van der Waals surface area contributed by atoms with Crippen molar-refractivity contribution in [2.75, 3.05) is 0 Å². The number of aryl methyl sites for hydroxylation is 2. The molecular weight excluding hydrogens is 410 g/mol. The number of nitriles is 1. The lowest BCUT2D eigenvalue weighted by Gasteiger charge is -2.24. The maximum Gasteiger partial charge on any atom is 0.205 e. The fourth-order valence-corrected chi connectivity index (χ4v) is 4.39. The highest BCUT2D eigenvalue weighted by Crippen LogP contribution is 2.27. The van der Waals surface area contributed by atoms with E-state index < -0.39 is 12.1 Å². The number of nitrogens with zero attached hydrogens (tertiary/aromatic N) is 4. The Hall–Kier alpha value is -3.69. The van der Waals surface area contributed by atoms with Gasteiger partial charge >= 0.3 is 0 Å². The summed E-state index contributed by atoms with van der Waals surface area (Å²) in [5, 5.41) is 29.4. The average Bonchev–Trinajstić information content (AvgIpc) is 3.10. The van der Waals surface area contributed by atoms with Gasteiger partial charge in [-0.1, -0.05) is 59.7 Å². The van der Waals surface area contributed by atoms with Crippen molar-refractivity contribution in [2.45, 2.75) is 51.8 Å². The fraction of sp³-hybridized carbons (Fsp3) is 0.296. The van der Waals surface area contributed by atoms with Crippen LogP contribution in [0.3, 0.4) is 0 Å². The van der Waals surface area contributed by atoms with Crippen LogP contribution in [-0.2, 0) is 6.42 Å². The maximum atomic E-state index is 11.0. The third kappa shape index (κ3) is 4.46. The summed E-state index contributed by atoms with van der Waals surface area (Å²) in [6, 6.07) is 21.8. The van der Waals surface area contributed by atoms with Gasteiger partial charge in [-0.05, 0) is 50.5 Å². The summed E-state index contributed by atoms with van der Waals surface area (Å²) in [6.07, 6.45) is 1.25. The second-order valence-electron chi connectivity index (χ2n) is 8.68. The molecule has 4 aromatic rings. The number of aromatic nitrogens is 3. The lowest BCUT2D eigenvalue weighted by Crippen LogP contribution is -2.36. The van der Waals surface area contributed by atoms with Gasteiger partial charge in [0.25, 0.3) is 0 Å². The van der Waals surface area contributed by atoms with Gasteiger partial charge in [-0.25, -0.2) is 4.98 Å². The average molecular weight is 440 g/mol. The van der Waals surface area contributed by atoms with Crippen LogP contribution in [0.1, 0.15) is 47.7 Å². The lowest BCUT2D eigenvalue weighted by atomic mass is 9.98. The smallest absolute Gasteiger partial charge is 0.205 e. The van der Waals surface area contributed by atoms with Crippen LogP contribution in [0.4, 0.5) is 0 Å². The van der Waals surface area contributed by atoms with Crippen molar-refractivity contribution in [1.82, 2.24) is 14.1 Å². The van der Waals surface area contributed by atoms with Crippen LogP contribution in [0, 0.1) is 30.6 Å². The Morgan fingerprint density at radius 1 is 1.00 bits per heavy atom. The van der Waals surface area contributed by atoms with E-state index in [1.54, 1.807) is 10.8 Å². The molecule has 0 aliphatic rings. The van der Waals surface area contributed by atoms with Crippen molar-refractivity contribution in [1.29, 1.82) is 10.7 Å². The Balaban J connectivity index is 1.88. The maximum absolute atomic E-state index is 11.0. The highest BCUT2D eigenvalue weighted by atomic mass is 16.3. The van der Waals surface area contributed by atoms with Crippen LogP contribution in [0.5, 0.6) is 0 Å². The topological polar surface area (TPSA) is 90.6 Å². The molecule has 0 saturated carbocycles. The molecule has 168 valence electrons. The van der Waals surface area contributed by atoms with Crippen molar-refractivity contribution in [3.05, 3.63) is 94.7 Å². The van der Waals surface area contributed by atoms with Crippen LogP contribution < -0.4 is 5.62 Å². The predicted octanol–water partition coefficient (Wildman–Crippen LogP) is 4.60. The summed E-state index contributed by atoms with van der Waals surface area (Å²) in [6.45, 7) is 6.16. The molecule has 0 bridgehead atoms. The Morgan fingerprint density at radius 3 is 2.27 bits per heavy atom. The molecular formula is C27H29N5O. The SMILES string of the molecule is Cc1ccc(CC(C(O)CC#N)n2c(=N)n([C@@H](C)c3ccc(C)cc3)c3cccnc32)cc1. The number of fused-ring (bicyclic) bond motifs is 1. The zero-order valence-corrected chi connectivity index (χ0v) is 19.2. The third-order valence-corrected chi connectivity index (χ3v) is 6.30. The number of aliphatic hydroxyl groups is 1. The monoisotopic (exact) mass is 439 g/mol. The van der Waals surface area contributed by atoms with Crippen LogP contribution >= 0.6 is 0 Å². The zero-order chi connectivity index (χ0) is 23.5. The van der Waals surface area contributed by atoms with Gasteiger partial charge in [0.15, 0.2) is 5.65 Å². The zero-order valence-electron chi connectivity index (χ0n) is 19.2. The molecule has 4 rings (SSSR count). The molecule has 2 heterocycles. The van der Waals surface area contributed by atoms with Gasteiger partial charge in [-0.2, -0.15) is 5.26 Å². The van der Waals surface area contributed by atoms with Gasteiger partial charge in [-0.3, -0.25) is 9.98 Å². The van der Waals surface area contributed by atoms with Gasteiger partial charge in [0.05, 0.1) is 36.2 Å². The standard InChI is InChI=1S/C27H29N5O/c1-18-6-10-21(11-7-18)17-24(25(33)14-15-28)32-26-23(5-4-16-30-26)31(27(32)29)20(3)22-12-8-19(2)9-13-22/h4-13,16,20,24-25,29,33H,14,17H2,1-3H3/t20-,24?,25?/m0/s1. The van der Waals surface area contributed by atoms with Crippen LogP contribution in [0.25, 0.3) is 11.2 Å². The lowest BCUT2D eigenvalue weighted by molar-refractivity contribution is 0.115. The highest BCUT2D eigenvalue weighted by molar-refractivity contribution is 5.72. The van der Waals surface area contributed by atoms with Crippen LogP contribution in [0.15, 0.2) is 66.9 Å². The number of benzene rings is 2. The molecule has 0 aliphatic carbocycles. The van der Waals surface area contributed by atoms with Crippen molar-refractivity contribution in [3.63, 3.8) is 0 Å². The number of rotatable bonds is 7. The first-order chi connectivity index (χ1) is 15.9. The minimum Gasteiger partial charge on any atom is -0.390 e. The molecule has 2 unspecified atom stereocenters. The normalized spacial score (nSPS) is 14.0. The fourth-order valence-electron chi connectivity index (χ4n) is 4.39. The summed E-state index contributed by atoms with van der Waals surface area (Å²) < 4.78 is 3.75. The van der Waals surface area contributed by atoms with Crippen molar-refractivity contribution in [2.24, 2.45) is 0 Å². The van der Waals surface area contributed by atoms with Gasteiger partial charge in [0.1, 0.15) is 0 Å². The first-order valence-electron chi connectivity index (χ1n) is 11.2. The first-order valence-corrected chi connectivity index (χ1v) is 11.2. The molecule has 0 amide bonds. The Kier molecular flexibility index (Phi) is 6.43. The number of hydrogen-bond acceptors (Lipinski definition) is 4. The number of aliphatic hydroxyl groups excluding tert-OH is 1. The molecule has 6 nitrogen and oxygen atoms in total. The molecule has 3 atom stereocenters. The number of imidazole rings is 1. The second-order valence-corrected chi connectivity index (χ2v) is 8.68. The van der Waals surface area contributed by atoms with Crippen molar-refractivity contribution >= 4 is 11.2 Å². The van der Waals surface area contributed by atoms with E-state index in [0.717, 1.165) is 22.2 Å². The quantitative estimate of drug-likeness (QED) is 0.441. The Morgan fingerprint density at radius 2 is 1.64 bits per heavy atom. The molecule has 2 aromatic carbocycles. The van der Waals surface area contributed by atoms with E-state index in [1.165, 1.54) is 5.56 Å². The molecule has 6 heteroatoms. The molecule has 2 N–H and O–H groups in total. The molecule has 0 saturated heterocycles. The number of nitrogens with one attached hydrogen (secondary N) is 1. The van der Waals surface area contributed by atoms with Gasteiger partial charge in [-0.15, -0.1) is 0 Å². The largest absolute Gasteiger partial charge is 0.390 e. The van der Waals surface area contributed by atoms with E-state index in [9.17, 15) is 10.4 Å². The molecule has 0 spiro atoms. The number of hydrogen-bond donors (Lipinski definition) is 2. The Bertz CT molecular complexity index is 1340. The minimum absolute atomic E-state index is 0.0179. The van der Waals surface area contributed by atoms with E-state index in [2.05, 4.69) is 49.2 Å². The summed E-state index contributed by atoms with van der Waals surface area (Å²) >= 11 is 0. The molecule has 0 fully saturated rings. The van der Waals surface area contributed by atoms with Crippen molar-refractivity contribution in [3.8, 4) is 6.07 Å². The van der Waals surface area contributed by atoms with Gasteiger partial charge in [0, 0.05) is 6.20 Å². The molecule has 2 aromatic heterocycles. The minimum atomic E-state index is -0.929. The molecule has 0 aliphatic heterocycles.